The van der Waals surface area contributed by atoms with Crippen molar-refractivity contribution in [2.75, 3.05) is 6.54 Å². The summed E-state index contributed by atoms with van der Waals surface area (Å²) in [5, 5.41) is 2.74. The summed E-state index contributed by atoms with van der Waals surface area (Å²) in [6.07, 6.45) is 0.765. The van der Waals surface area contributed by atoms with Crippen LogP contribution in [0.1, 0.15) is 27.4 Å². The van der Waals surface area contributed by atoms with Gasteiger partial charge in [0.15, 0.2) is 5.78 Å². The third-order valence-electron chi connectivity index (χ3n) is 3.69. The lowest BCUT2D eigenvalue weighted by Gasteiger charge is -2.28. The Morgan fingerprint density at radius 3 is 2.45 bits per heavy atom. The van der Waals surface area contributed by atoms with E-state index in [4.69, 9.17) is 0 Å². The molecule has 0 bridgehead atoms. The van der Waals surface area contributed by atoms with E-state index in [9.17, 15) is 9.59 Å². The molecule has 1 atom stereocenters. The van der Waals surface area contributed by atoms with E-state index >= 15 is 0 Å². The number of ketones is 1. The smallest absolute Gasteiger partial charge is 0.228 e. The molecule has 0 spiro atoms. The molecular weight excluding hydrogens is 250 g/mol. The lowest BCUT2D eigenvalue weighted by atomic mass is 9.77. The third-order valence-corrected chi connectivity index (χ3v) is 3.69. The summed E-state index contributed by atoms with van der Waals surface area (Å²) in [6.45, 7) is 0.0571. The topological polar surface area (TPSA) is 46.2 Å². The molecule has 3 nitrogen and oxygen atoms in total. The van der Waals surface area contributed by atoms with Crippen LogP contribution in [0.4, 0.5) is 0 Å². The van der Waals surface area contributed by atoms with Gasteiger partial charge in [0, 0.05) is 5.56 Å². The quantitative estimate of drug-likeness (QED) is 0.862. The van der Waals surface area contributed by atoms with Crippen LogP contribution in [0.25, 0.3) is 0 Å². The summed E-state index contributed by atoms with van der Waals surface area (Å²) in [6, 6.07) is 16.9. The molecule has 3 rings (SSSR count). The molecule has 0 fully saturated rings. The van der Waals surface area contributed by atoms with Gasteiger partial charge in [-0.25, -0.2) is 0 Å². The predicted octanol–water partition coefficient (Wildman–Crippen LogP) is 2.33. The summed E-state index contributed by atoms with van der Waals surface area (Å²) in [4.78, 5) is 24.0. The number of fused-ring (bicyclic) bond motifs is 1. The van der Waals surface area contributed by atoms with Crippen LogP contribution >= 0.6 is 0 Å². The molecule has 2 aromatic rings. The number of Topliss-reactive ketones (excluding diaryl/α,β-unsaturated/α-hetero) is 1. The number of hydrogen-bond acceptors (Lipinski definition) is 2. The second kappa shape index (κ2) is 5.29. The van der Waals surface area contributed by atoms with Crippen LogP contribution in [0, 0.1) is 0 Å². The fraction of sp³-hybridized carbons (Fsp3) is 0.176. The minimum absolute atomic E-state index is 0.0571. The number of hydrogen-bond donors (Lipinski definition) is 1. The standard InChI is InChI=1S/C17H15NO2/c19-16(12-6-2-1-3-7-12)11-18-17(20)15-10-13-8-4-5-9-14(13)15/h1-9,15H,10-11H2,(H,18,20). The van der Waals surface area contributed by atoms with Crippen molar-refractivity contribution in [1.29, 1.82) is 0 Å². The van der Waals surface area contributed by atoms with Crippen molar-refractivity contribution in [2.24, 2.45) is 0 Å². The van der Waals surface area contributed by atoms with Crippen LogP contribution < -0.4 is 5.32 Å². The molecule has 1 aliphatic rings. The Hall–Kier alpha value is -2.42. The first kappa shape index (κ1) is 12.6. The highest BCUT2D eigenvalue weighted by Crippen LogP contribution is 2.34. The molecule has 1 aliphatic carbocycles. The molecule has 0 heterocycles. The number of carbonyl (C=O) groups excluding carboxylic acids is 2. The maximum Gasteiger partial charge on any atom is 0.228 e. The van der Waals surface area contributed by atoms with E-state index in [0.29, 0.717) is 5.56 Å². The molecule has 1 amide bonds. The highest BCUT2D eigenvalue weighted by molar-refractivity contribution is 6.00. The Balaban J connectivity index is 1.58. The fourth-order valence-corrected chi connectivity index (χ4v) is 2.51. The SMILES string of the molecule is O=C(CNC(=O)C1Cc2ccccc21)c1ccccc1. The lowest BCUT2D eigenvalue weighted by Crippen LogP contribution is -2.38. The van der Waals surface area contributed by atoms with E-state index in [2.05, 4.69) is 5.32 Å². The van der Waals surface area contributed by atoms with Gasteiger partial charge in [-0.1, -0.05) is 54.6 Å². The maximum atomic E-state index is 12.1. The lowest BCUT2D eigenvalue weighted by molar-refractivity contribution is -0.122. The van der Waals surface area contributed by atoms with Crippen molar-refractivity contribution < 1.29 is 9.59 Å². The average molecular weight is 265 g/mol. The Morgan fingerprint density at radius 2 is 1.70 bits per heavy atom. The molecule has 0 radical (unpaired) electrons. The zero-order chi connectivity index (χ0) is 13.9. The van der Waals surface area contributed by atoms with Gasteiger partial charge in [0.1, 0.15) is 0 Å². The van der Waals surface area contributed by atoms with Gasteiger partial charge in [-0.05, 0) is 17.5 Å². The number of amides is 1. The Morgan fingerprint density at radius 1 is 1.00 bits per heavy atom. The fourth-order valence-electron chi connectivity index (χ4n) is 2.51. The first-order valence-corrected chi connectivity index (χ1v) is 6.69. The molecule has 0 saturated heterocycles. The number of rotatable bonds is 4. The zero-order valence-electron chi connectivity index (χ0n) is 11.0. The first-order valence-electron chi connectivity index (χ1n) is 6.69. The predicted molar refractivity (Wildman–Crippen MR) is 76.7 cm³/mol. The van der Waals surface area contributed by atoms with Crippen molar-refractivity contribution in [3.05, 3.63) is 71.3 Å². The molecule has 1 unspecified atom stereocenters. The highest BCUT2D eigenvalue weighted by atomic mass is 16.2. The molecule has 2 aromatic carbocycles. The minimum atomic E-state index is -0.102. The normalized spacial score (nSPS) is 15.9. The Labute approximate surface area is 117 Å². The van der Waals surface area contributed by atoms with Gasteiger partial charge in [-0.15, -0.1) is 0 Å². The summed E-state index contributed by atoms with van der Waals surface area (Å²) in [7, 11) is 0. The van der Waals surface area contributed by atoms with Crippen molar-refractivity contribution in [3.8, 4) is 0 Å². The molecule has 20 heavy (non-hydrogen) atoms. The zero-order valence-corrected chi connectivity index (χ0v) is 11.0. The van der Waals surface area contributed by atoms with Crippen molar-refractivity contribution in [1.82, 2.24) is 5.32 Å². The van der Waals surface area contributed by atoms with Gasteiger partial charge in [0.2, 0.25) is 5.91 Å². The van der Waals surface area contributed by atoms with Gasteiger partial charge < -0.3 is 5.32 Å². The Bertz CT molecular complexity index is 649. The van der Waals surface area contributed by atoms with Crippen molar-refractivity contribution in [2.45, 2.75) is 12.3 Å². The molecule has 0 aliphatic heterocycles. The Kier molecular flexibility index (Phi) is 3.33. The average Bonchev–Trinajstić information content (AvgIpc) is 2.47. The van der Waals surface area contributed by atoms with Gasteiger partial charge >= 0.3 is 0 Å². The van der Waals surface area contributed by atoms with Crippen LogP contribution in [-0.2, 0) is 11.2 Å². The second-order valence-corrected chi connectivity index (χ2v) is 4.96. The maximum absolute atomic E-state index is 12.1. The highest BCUT2D eigenvalue weighted by Gasteiger charge is 2.31. The number of nitrogens with one attached hydrogen (secondary N) is 1. The minimum Gasteiger partial charge on any atom is -0.348 e. The van der Waals surface area contributed by atoms with Crippen LogP contribution in [0.2, 0.25) is 0 Å². The largest absolute Gasteiger partial charge is 0.348 e. The first-order chi connectivity index (χ1) is 9.75. The van der Waals surface area contributed by atoms with E-state index in [1.54, 1.807) is 12.1 Å². The summed E-state index contributed by atoms with van der Waals surface area (Å²) < 4.78 is 0. The van der Waals surface area contributed by atoms with Gasteiger partial charge in [0.05, 0.1) is 12.5 Å². The van der Waals surface area contributed by atoms with Crippen LogP contribution in [0.5, 0.6) is 0 Å². The monoisotopic (exact) mass is 265 g/mol. The van der Waals surface area contributed by atoms with E-state index < -0.39 is 0 Å². The summed E-state index contributed by atoms with van der Waals surface area (Å²) in [5.41, 5.74) is 2.93. The van der Waals surface area contributed by atoms with E-state index in [1.807, 2.05) is 42.5 Å². The molecular formula is C17H15NO2. The molecule has 100 valence electrons. The third kappa shape index (κ3) is 2.35. The molecule has 0 saturated carbocycles. The van der Waals surface area contributed by atoms with E-state index in [1.165, 1.54) is 5.56 Å². The summed E-state index contributed by atoms with van der Waals surface area (Å²) >= 11 is 0. The van der Waals surface area contributed by atoms with Crippen molar-refractivity contribution >= 4 is 11.7 Å². The van der Waals surface area contributed by atoms with E-state index in [-0.39, 0.29) is 24.2 Å². The number of benzene rings is 2. The van der Waals surface area contributed by atoms with Crippen LogP contribution in [-0.4, -0.2) is 18.2 Å². The summed E-state index contributed by atoms with van der Waals surface area (Å²) in [5.74, 6) is -0.227. The molecule has 1 N–H and O–H groups in total. The molecule has 0 aromatic heterocycles. The van der Waals surface area contributed by atoms with Gasteiger partial charge in [-0.3, -0.25) is 9.59 Å². The molecule has 3 heteroatoms. The van der Waals surface area contributed by atoms with Gasteiger partial charge in [0.25, 0.3) is 0 Å². The number of carbonyl (C=O) groups is 2. The van der Waals surface area contributed by atoms with Crippen LogP contribution in [0.15, 0.2) is 54.6 Å². The van der Waals surface area contributed by atoms with Crippen molar-refractivity contribution in [3.63, 3.8) is 0 Å². The van der Waals surface area contributed by atoms with Gasteiger partial charge in [-0.2, -0.15) is 0 Å². The second-order valence-electron chi connectivity index (χ2n) is 4.96. The van der Waals surface area contributed by atoms with E-state index in [0.717, 1.165) is 12.0 Å². The van der Waals surface area contributed by atoms with Crippen LogP contribution in [0.3, 0.4) is 0 Å².